The van der Waals surface area contributed by atoms with Crippen LogP contribution in [0.4, 0.5) is 8.78 Å². The molecule has 1 saturated carbocycles. The monoisotopic (exact) mass is 286 g/mol. The molecular weight excluding hydrogens is 270 g/mol. The van der Waals surface area contributed by atoms with E-state index in [2.05, 4.69) is 0 Å². The van der Waals surface area contributed by atoms with E-state index < -0.39 is 23.0 Å². The van der Waals surface area contributed by atoms with Crippen LogP contribution in [0.2, 0.25) is 0 Å². The molecule has 0 atom stereocenters. The van der Waals surface area contributed by atoms with Gasteiger partial charge in [0.15, 0.2) is 23.1 Å². The van der Waals surface area contributed by atoms with E-state index in [-0.39, 0.29) is 17.1 Å². The third-order valence-corrected chi connectivity index (χ3v) is 3.89. The van der Waals surface area contributed by atoms with E-state index in [9.17, 15) is 18.7 Å². The Balaban J connectivity index is 2.79. The summed E-state index contributed by atoms with van der Waals surface area (Å²) in [5.74, 6) is -3.47. The normalized spacial score (nSPS) is 17.0. The average molecular weight is 286 g/mol. The number of benzene rings is 1. The van der Waals surface area contributed by atoms with Gasteiger partial charge in [0.2, 0.25) is 0 Å². The third kappa shape index (κ3) is 1.99. The first-order valence-corrected chi connectivity index (χ1v) is 6.31. The maximum Gasteiger partial charge on any atom is 0.314 e. The quantitative estimate of drug-likeness (QED) is 0.924. The van der Waals surface area contributed by atoms with Crippen molar-refractivity contribution in [1.82, 2.24) is 0 Å². The summed E-state index contributed by atoms with van der Waals surface area (Å²) in [5, 5.41) is 9.58. The maximum absolute atomic E-state index is 13.9. The fourth-order valence-electron chi connectivity index (χ4n) is 2.97. The van der Waals surface area contributed by atoms with Crippen LogP contribution in [0, 0.1) is 11.6 Å². The van der Waals surface area contributed by atoms with Crippen molar-refractivity contribution in [2.75, 3.05) is 14.2 Å². The third-order valence-electron chi connectivity index (χ3n) is 3.89. The minimum Gasteiger partial charge on any atom is -0.493 e. The van der Waals surface area contributed by atoms with E-state index in [1.54, 1.807) is 0 Å². The van der Waals surface area contributed by atoms with Crippen LogP contribution in [-0.2, 0) is 10.2 Å². The van der Waals surface area contributed by atoms with Crippen molar-refractivity contribution in [3.63, 3.8) is 0 Å². The van der Waals surface area contributed by atoms with Gasteiger partial charge in [0, 0.05) is 6.07 Å². The molecule has 0 heterocycles. The number of ether oxygens (including phenoxy) is 2. The molecule has 1 aromatic carbocycles. The Morgan fingerprint density at radius 1 is 1.15 bits per heavy atom. The first kappa shape index (κ1) is 14.6. The number of carboxylic acids is 1. The molecule has 4 nitrogen and oxygen atoms in total. The van der Waals surface area contributed by atoms with Gasteiger partial charge in [-0.15, -0.1) is 0 Å². The van der Waals surface area contributed by atoms with Crippen molar-refractivity contribution in [3.05, 3.63) is 23.3 Å². The highest BCUT2D eigenvalue weighted by Gasteiger charge is 2.48. The van der Waals surface area contributed by atoms with Gasteiger partial charge in [0.05, 0.1) is 19.8 Å². The van der Waals surface area contributed by atoms with Crippen LogP contribution in [0.15, 0.2) is 6.07 Å². The molecule has 0 amide bonds. The summed E-state index contributed by atoms with van der Waals surface area (Å²) in [4.78, 5) is 11.7. The summed E-state index contributed by atoms with van der Waals surface area (Å²) >= 11 is 0. The fourth-order valence-corrected chi connectivity index (χ4v) is 2.97. The van der Waals surface area contributed by atoms with Crippen LogP contribution in [0.25, 0.3) is 0 Å². The van der Waals surface area contributed by atoms with Gasteiger partial charge in [-0.05, 0) is 12.8 Å². The van der Waals surface area contributed by atoms with Gasteiger partial charge < -0.3 is 14.6 Å². The number of aliphatic carboxylic acids is 1. The SMILES string of the molecule is COc1c(F)cc(F)c(OC)c1C1(C(=O)O)CCCC1. The van der Waals surface area contributed by atoms with Gasteiger partial charge in [-0.2, -0.15) is 0 Å². The summed E-state index contributed by atoms with van der Waals surface area (Å²) in [5.41, 5.74) is -1.40. The zero-order valence-electron chi connectivity index (χ0n) is 11.3. The number of carbonyl (C=O) groups is 1. The molecule has 110 valence electrons. The van der Waals surface area contributed by atoms with Gasteiger partial charge in [0.1, 0.15) is 5.41 Å². The lowest BCUT2D eigenvalue weighted by molar-refractivity contribution is -0.143. The Hall–Kier alpha value is -1.85. The molecule has 0 radical (unpaired) electrons. The topological polar surface area (TPSA) is 55.8 Å². The lowest BCUT2D eigenvalue weighted by Crippen LogP contribution is -2.34. The van der Waals surface area contributed by atoms with Crippen molar-refractivity contribution < 1.29 is 28.2 Å². The second-order valence-corrected chi connectivity index (χ2v) is 4.88. The molecule has 6 heteroatoms. The van der Waals surface area contributed by atoms with Gasteiger partial charge in [-0.25, -0.2) is 8.78 Å². The Morgan fingerprint density at radius 3 is 1.95 bits per heavy atom. The molecule has 0 aliphatic heterocycles. The summed E-state index contributed by atoms with van der Waals surface area (Å²) in [7, 11) is 2.45. The van der Waals surface area contributed by atoms with E-state index >= 15 is 0 Å². The molecule has 1 N–H and O–H groups in total. The number of carboxylic acid groups (broad SMARTS) is 1. The van der Waals surface area contributed by atoms with E-state index in [4.69, 9.17) is 9.47 Å². The van der Waals surface area contributed by atoms with Crippen molar-refractivity contribution in [1.29, 1.82) is 0 Å². The molecule has 2 rings (SSSR count). The summed E-state index contributed by atoms with van der Waals surface area (Å²) in [6, 6.07) is 0.645. The predicted octanol–water partition coefficient (Wildman–Crippen LogP) is 2.88. The molecule has 0 bridgehead atoms. The molecule has 1 aromatic rings. The van der Waals surface area contributed by atoms with Crippen molar-refractivity contribution in [2.24, 2.45) is 0 Å². The van der Waals surface area contributed by atoms with Gasteiger partial charge in [-0.1, -0.05) is 12.8 Å². The Labute approximate surface area is 115 Å². The standard InChI is InChI=1S/C14H16F2O4/c1-19-11-8(15)7-9(16)12(20-2)10(11)14(13(17)18)5-3-4-6-14/h7H,3-6H2,1-2H3,(H,17,18). The van der Waals surface area contributed by atoms with Crippen molar-refractivity contribution in [2.45, 2.75) is 31.1 Å². The van der Waals surface area contributed by atoms with E-state index in [0.29, 0.717) is 31.7 Å². The van der Waals surface area contributed by atoms with Gasteiger partial charge in [0.25, 0.3) is 0 Å². The fraction of sp³-hybridized carbons (Fsp3) is 0.500. The second kappa shape index (κ2) is 5.26. The largest absolute Gasteiger partial charge is 0.493 e. The predicted molar refractivity (Wildman–Crippen MR) is 67.2 cm³/mol. The molecule has 0 aromatic heterocycles. The lowest BCUT2D eigenvalue weighted by atomic mass is 9.77. The minimum absolute atomic E-state index is 0.0370. The zero-order chi connectivity index (χ0) is 14.9. The molecule has 0 unspecified atom stereocenters. The minimum atomic E-state index is -1.36. The van der Waals surface area contributed by atoms with Crippen LogP contribution in [0.1, 0.15) is 31.2 Å². The number of hydrogen-bond donors (Lipinski definition) is 1. The van der Waals surface area contributed by atoms with Crippen LogP contribution < -0.4 is 9.47 Å². The molecule has 0 saturated heterocycles. The van der Waals surface area contributed by atoms with E-state index in [1.807, 2.05) is 0 Å². The number of rotatable bonds is 4. The molecule has 20 heavy (non-hydrogen) atoms. The molecule has 1 aliphatic carbocycles. The molecule has 1 fully saturated rings. The molecule has 0 spiro atoms. The van der Waals surface area contributed by atoms with Gasteiger partial charge in [-0.3, -0.25) is 4.79 Å². The average Bonchev–Trinajstić information content (AvgIpc) is 2.88. The van der Waals surface area contributed by atoms with E-state index in [0.717, 1.165) is 0 Å². The van der Waals surface area contributed by atoms with Crippen LogP contribution in [-0.4, -0.2) is 25.3 Å². The smallest absolute Gasteiger partial charge is 0.314 e. The number of hydrogen-bond acceptors (Lipinski definition) is 3. The second-order valence-electron chi connectivity index (χ2n) is 4.88. The highest BCUT2D eigenvalue weighted by molar-refractivity contribution is 5.84. The summed E-state index contributed by atoms with van der Waals surface area (Å²) in [6.07, 6.45) is 1.96. The first-order chi connectivity index (χ1) is 9.47. The summed E-state index contributed by atoms with van der Waals surface area (Å²) < 4.78 is 37.8. The maximum atomic E-state index is 13.9. The Bertz CT molecular complexity index is 508. The highest BCUT2D eigenvalue weighted by atomic mass is 19.1. The van der Waals surface area contributed by atoms with Crippen molar-refractivity contribution in [3.8, 4) is 11.5 Å². The Morgan fingerprint density at radius 2 is 1.60 bits per heavy atom. The number of methoxy groups -OCH3 is 2. The Kier molecular flexibility index (Phi) is 3.83. The molecular formula is C14H16F2O4. The number of halogens is 2. The first-order valence-electron chi connectivity index (χ1n) is 6.31. The highest BCUT2D eigenvalue weighted by Crippen LogP contribution is 2.50. The molecule has 1 aliphatic rings. The van der Waals surface area contributed by atoms with Crippen LogP contribution >= 0.6 is 0 Å². The lowest BCUT2D eigenvalue weighted by Gasteiger charge is -2.28. The van der Waals surface area contributed by atoms with Crippen LogP contribution in [0.5, 0.6) is 11.5 Å². The van der Waals surface area contributed by atoms with Crippen LogP contribution in [0.3, 0.4) is 0 Å². The zero-order valence-corrected chi connectivity index (χ0v) is 11.3. The summed E-state index contributed by atoms with van der Waals surface area (Å²) in [6.45, 7) is 0. The van der Waals surface area contributed by atoms with Gasteiger partial charge >= 0.3 is 5.97 Å². The van der Waals surface area contributed by atoms with E-state index in [1.165, 1.54) is 14.2 Å². The van der Waals surface area contributed by atoms with Crippen molar-refractivity contribution >= 4 is 5.97 Å².